The van der Waals surface area contributed by atoms with Gasteiger partial charge in [-0.25, -0.2) is 0 Å². The Bertz CT molecular complexity index is 297. The van der Waals surface area contributed by atoms with Gasteiger partial charge in [-0.3, -0.25) is 4.79 Å². The monoisotopic (exact) mass is 220 g/mol. The number of carbonyl (C=O) groups is 1. The summed E-state index contributed by atoms with van der Waals surface area (Å²) in [6, 6.07) is 0. The average Bonchev–Trinajstić information content (AvgIpc) is 2.16. The first-order valence-corrected chi connectivity index (χ1v) is 6.35. The van der Waals surface area contributed by atoms with Gasteiger partial charge < -0.3 is 0 Å². The minimum atomic E-state index is 0.221. The standard InChI is InChI=1S/C15H24O/c1-11(2)14-9-8-12(3)6-5-7-13(4)10-15(14)16/h6,11,14H,4-5,7-10H2,1-3H3/b12-6-/t14-/m0/s1. The van der Waals surface area contributed by atoms with Crippen LogP contribution in [0.5, 0.6) is 0 Å². The van der Waals surface area contributed by atoms with Crippen molar-refractivity contribution in [1.29, 1.82) is 0 Å². The molecule has 0 fully saturated rings. The molecule has 1 atom stereocenters. The lowest BCUT2D eigenvalue weighted by molar-refractivity contribution is -0.123. The fourth-order valence-electron chi connectivity index (χ4n) is 2.34. The van der Waals surface area contributed by atoms with Crippen LogP contribution < -0.4 is 0 Å². The third-order valence-corrected chi connectivity index (χ3v) is 3.48. The summed E-state index contributed by atoms with van der Waals surface area (Å²) in [5.74, 6) is 1.07. The summed E-state index contributed by atoms with van der Waals surface area (Å²) in [5, 5.41) is 0. The second-order valence-corrected chi connectivity index (χ2v) is 5.37. The highest BCUT2D eigenvalue weighted by Crippen LogP contribution is 2.26. The van der Waals surface area contributed by atoms with E-state index in [2.05, 4.69) is 33.4 Å². The minimum absolute atomic E-state index is 0.221. The van der Waals surface area contributed by atoms with Gasteiger partial charge in [-0.2, -0.15) is 0 Å². The third kappa shape index (κ3) is 3.96. The zero-order valence-electron chi connectivity index (χ0n) is 10.9. The maximum atomic E-state index is 12.1. The van der Waals surface area contributed by atoms with Gasteiger partial charge in [-0.05, 0) is 38.5 Å². The fourth-order valence-corrected chi connectivity index (χ4v) is 2.34. The van der Waals surface area contributed by atoms with Crippen LogP contribution in [0.4, 0.5) is 0 Å². The Balaban J connectivity index is 2.78. The summed E-state index contributed by atoms with van der Waals surface area (Å²) in [6.45, 7) is 10.5. The van der Waals surface area contributed by atoms with E-state index in [1.807, 2.05) is 0 Å². The zero-order valence-corrected chi connectivity index (χ0v) is 10.9. The molecule has 1 nitrogen and oxygen atoms in total. The molecule has 0 aromatic carbocycles. The Labute approximate surface area is 99.6 Å². The molecular formula is C15H24O. The Kier molecular flexibility index (Phi) is 4.98. The van der Waals surface area contributed by atoms with E-state index in [0.717, 1.165) is 31.3 Å². The first kappa shape index (κ1) is 13.2. The smallest absolute Gasteiger partial charge is 0.140 e. The number of carbonyl (C=O) groups excluding carboxylic acids is 1. The van der Waals surface area contributed by atoms with Gasteiger partial charge in [0, 0.05) is 12.3 Å². The fraction of sp³-hybridized carbons (Fsp3) is 0.667. The van der Waals surface area contributed by atoms with E-state index < -0.39 is 0 Å². The molecule has 90 valence electrons. The minimum Gasteiger partial charge on any atom is -0.299 e. The molecule has 0 unspecified atom stereocenters. The highest BCUT2D eigenvalue weighted by atomic mass is 16.1. The summed E-state index contributed by atoms with van der Waals surface area (Å²) in [5.41, 5.74) is 2.52. The molecule has 16 heavy (non-hydrogen) atoms. The topological polar surface area (TPSA) is 17.1 Å². The highest BCUT2D eigenvalue weighted by molar-refractivity contribution is 5.83. The van der Waals surface area contributed by atoms with E-state index in [1.54, 1.807) is 0 Å². The second kappa shape index (κ2) is 6.03. The van der Waals surface area contributed by atoms with E-state index in [1.165, 1.54) is 5.57 Å². The Morgan fingerprint density at radius 3 is 2.69 bits per heavy atom. The van der Waals surface area contributed by atoms with Gasteiger partial charge >= 0.3 is 0 Å². The van der Waals surface area contributed by atoms with Crippen LogP contribution in [0.1, 0.15) is 52.9 Å². The number of allylic oxidation sites excluding steroid dienone is 3. The van der Waals surface area contributed by atoms with Crippen molar-refractivity contribution in [3.8, 4) is 0 Å². The lowest BCUT2D eigenvalue weighted by Crippen LogP contribution is -2.21. The second-order valence-electron chi connectivity index (χ2n) is 5.37. The molecule has 1 aliphatic rings. The summed E-state index contributed by atoms with van der Waals surface area (Å²) < 4.78 is 0. The Morgan fingerprint density at radius 1 is 1.38 bits per heavy atom. The van der Waals surface area contributed by atoms with Crippen molar-refractivity contribution >= 4 is 5.78 Å². The van der Waals surface area contributed by atoms with Crippen LogP contribution in [0.15, 0.2) is 23.8 Å². The molecule has 0 aromatic rings. The number of Topliss-reactive ketones (excluding diaryl/α,β-unsaturated/α-hetero) is 1. The first-order chi connectivity index (χ1) is 7.50. The predicted octanol–water partition coefficient (Wildman–Crippen LogP) is 4.29. The van der Waals surface area contributed by atoms with E-state index in [0.29, 0.717) is 18.1 Å². The molecular weight excluding hydrogens is 196 g/mol. The van der Waals surface area contributed by atoms with Crippen LogP contribution in [0.3, 0.4) is 0 Å². The maximum absolute atomic E-state index is 12.1. The lowest BCUT2D eigenvalue weighted by Gasteiger charge is -2.21. The van der Waals surface area contributed by atoms with Crippen molar-refractivity contribution in [2.75, 3.05) is 0 Å². The summed E-state index contributed by atoms with van der Waals surface area (Å²) in [6.07, 6.45) is 6.99. The van der Waals surface area contributed by atoms with E-state index >= 15 is 0 Å². The molecule has 1 heteroatoms. The quantitative estimate of drug-likeness (QED) is 0.602. The van der Waals surface area contributed by atoms with Crippen LogP contribution in [0.2, 0.25) is 0 Å². The van der Waals surface area contributed by atoms with Crippen LogP contribution >= 0.6 is 0 Å². The van der Waals surface area contributed by atoms with Crippen molar-refractivity contribution in [1.82, 2.24) is 0 Å². The van der Waals surface area contributed by atoms with Crippen molar-refractivity contribution in [2.24, 2.45) is 11.8 Å². The molecule has 0 N–H and O–H groups in total. The molecule has 0 amide bonds. The van der Waals surface area contributed by atoms with E-state index in [4.69, 9.17) is 0 Å². The van der Waals surface area contributed by atoms with Gasteiger partial charge in [0.25, 0.3) is 0 Å². The number of hydrogen-bond donors (Lipinski definition) is 0. The van der Waals surface area contributed by atoms with Crippen LogP contribution in [-0.2, 0) is 4.79 Å². The molecule has 0 spiro atoms. The molecule has 1 aliphatic carbocycles. The average molecular weight is 220 g/mol. The van der Waals surface area contributed by atoms with E-state index in [-0.39, 0.29) is 5.92 Å². The number of hydrogen-bond acceptors (Lipinski definition) is 1. The molecule has 0 heterocycles. The Morgan fingerprint density at radius 2 is 2.06 bits per heavy atom. The van der Waals surface area contributed by atoms with Gasteiger partial charge in [-0.1, -0.05) is 37.6 Å². The largest absolute Gasteiger partial charge is 0.299 e. The van der Waals surface area contributed by atoms with E-state index in [9.17, 15) is 4.79 Å². The van der Waals surface area contributed by atoms with Gasteiger partial charge in [0.1, 0.15) is 5.78 Å². The predicted molar refractivity (Wildman–Crippen MR) is 69.3 cm³/mol. The Hall–Kier alpha value is -0.850. The molecule has 0 saturated heterocycles. The van der Waals surface area contributed by atoms with Gasteiger partial charge in [0.15, 0.2) is 0 Å². The normalized spacial score (nSPS) is 27.8. The summed E-state index contributed by atoms with van der Waals surface area (Å²) >= 11 is 0. The molecule has 0 aromatic heterocycles. The zero-order chi connectivity index (χ0) is 12.1. The van der Waals surface area contributed by atoms with Crippen LogP contribution in [-0.4, -0.2) is 5.78 Å². The van der Waals surface area contributed by atoms with Crippen molar-refractivity contribution < 1.29 is 4.79 Å². The maximum Gasteiger partial charge on any atom is 0.140 e. The molecule has 0 bridgehead atoms. The van der Waals surface area contributed by atoms with Gasteiger partial charge in [-0.15, -0.1) is 0 Å². The number of ketones is 1. The summed E-state index contributed by atoms with van der Waals surface area (Å²) in [7, 11) is 0. The SMILES string of the molecule is C=C1CC/C=C(/C)CC[C@@H](C(C)C)C(=O)C1. The molecule has 0 aliphatic heterocycles. The first-order valence-electron chi connectivity index (χ1n) is 6.35. The molecule has 1 rings (SSSR count). The van der Waals surface area contributed by atoms with Crippen molar-refractivity contribution in [3.05, 3.63) is 23.8 Å². The van der Waals surface area contributed by atoms with Gasteiger partial charge in [0.05, 0.1) is 0 Å². The number of rotatable bonds is 1. The highest BCUT2D eigenvalue weighted by Gasteiger charge is 2.22. The van der Waals surface area contributed by atoms with Crippen molar-refractivity contribution in [2.45, 2.75) is 52.9 Å². The van der Waals surface area contributed by atoms with Crippen LogP contribution in [0, 0.1) is 11.8 Å². The van der Waals surface area contributed by atoms with Gasteiger partial charge in [0.2, 0.25) is 0 Å². The molecule has 0 radical (unpaired) electrons. The van der Waals surface area contributed by atoms with Crippen molar-refractivity contribution in [3.63, 3.8) is 0 Å². The third-order valence-electron chi connectivity index (χ3n) is 3.48. The lowest BCUT2D eigenvalue weighted by atomic mass is 9.83. The molecule has 0 saturated carbocycles. The van der Waals surface area contributed by atoms with Crippen LogP contribution in [0.25, 0.3) is 0 Å². The summed E-state index contributed by atoms with van der Waals surface area (Å²) in [4.78, 5) is 12.1.